The molecule has 5 aromatic rings. The number of nitrogens with one attached hydrogen (secondary N) is 3. The van der Waals surface area contributed by atoms with Crippen molar-refractivity contribution in [1.82, 2.24) is 4.98 Å². The van der Waals surface area contributed by atoms with Gasteiger partial charge in [0.15, 0.2) is 0 Å². The molecule has 3 heterocycles. The number of anilines is 2. The van der Waals surface area contributed by atoms with E-state index in [1.165, 1.54) is 0 Å². The van der Waals surface area contributed by atoms with Crippen LogP contribution in [0.15, 0.2) is 167 Å². The zero-order chi connectivity index (χ0) is 32.0. The molecule has 0 spiro atoms. The van der Waals surface area contributed by atoms with E-state index in [9.17, 15) is 0 Å². The Labute approximate surface area is 274 Å². The van der Waals surface area contributed by atoms with Gasteiger partial charge >= 0.3 is 0 Å². The molecule has 0 amide bonds. The van der Waals surface area contributed by atoms with Gasteiger partial charge in [0.2, 0.25) is 0 Å². The van der Waals surface area contributed by atoms with Crippen LogP contribution < -0.4 is 20.1 Å². The number of methoxy groups -OCH3 is 2. The van der Waals surface area contributed by atoms with E-state index in [2.05, 4.69) is 52.0 Å². The van der Waals surface area contributed by atoms with Gasteiger partial charge in [-0.2, -0.15) is 0 Å². The van der Waals surface area contributed by atoms with Crippen LogP contribution in [0.2, 0.25) is 0 Å². The Bertz CT molecular complexity index is 1920. The van der Waals surface area contributed by atoms with Crippen molar-refractivity contribution in [2.75, 3.05) is 24.9 Å². The van der Waals surface area contributed by atoms with E-state index < -0.39 is 0 Å². The molecule has 0 bridgehead atoms. The molecule has 0 fully saturated rings. The van der Waals surface area contributed by atoms with Gasteiger partial charge in [-0.3, -0.25) is 0 Å². The summed E-state index contributed by atoms with van der Waals surface area (Å²) in [5.41, 5.74) is 9.64. The highest BCUT2D eigenvalue weighted by molar-refractivity contribution is 6.09. The van der Waals surface area contributed by atoms with Crippen molar-refractivity contribution in [2.45, 2.75) is 0 Å². The molecule has 7 heteroatoms. The predicted molar refractivity (Wildman–Crippen MR) is 192 cm³/mol. The van der Waals surface area contributed by atoms with Crippen molar-refractivity contribution in [2.24, 2.45) is 9.98 Å². The lowest BCUT2D eigenvalue weighted by molar-refractivity contribution is 0.415. The van der Waals surface area contributed by atoms with Gasteiger partial charge in [-0.25, -0.2) is 9.98 Å². The molecular formula is C40H33N5O2. The minimum atomic E-state index is 0.764. The number of aromatic amines is 1. The molecule has 1 aromatic heterocycles. The number of rotatable bonds is 8. The van der Waals surface area contributed by atoms with Gasteiger partial charge in [0.1, 0.15) is 23.2 Å². The molecule has 0 saturated heterocycles. The Hall–Kier alpha value is -6.34. The second-order valence-electron chi connectivity index (χ2n) is 10.9. The first-order valence-corrected chi connectivity index (χ1v) is 15.3. The molecule has 0 aliphatic carbocycles. The number of ether oxygens (including phenoxy) is 2. The molecule has 0 atom stereocenters. The maximum atomic E-state index is 5.30. The second kappa shape index (κ2) is 13.3. The molecule has 0 saturated carbocycles. The maximum absolute atomic E-state index is 5.30. The van der Waals surface area contributed by atoms with Crippen molar-refractivity contribution in [1.29, 1.82) is 0 Å². The zero-order valence-corrected chi connectivity index (χ0v) is 26.1. The van der Waals surface area contributed by atoms with Crippen LogP contribution in [-0.4, -0.2) is 30.9 Å². The number of hydrogen-bond donors (Lipinski definition) is 3. The smallest absolute Gasteiger partial charge is 0.131 e. The minimum Gasteiger partial charge on any atom is -0.497 e. The third-order valence-corrected chi connectivity index (χ3v) is 7.87. The van der Waals surface area contributed by atoms with Crippen molar-refractivity contribution in [3.8, 4) is 11.5 Å². The van der Waals surface area contributed by atoms with Crippen LogP contribution in [0.5, 0.6) is 11.5 Å². The van der Waals surface area contributed by atoms with Gasteiger partial charge in [0.25, 0.3) is 0 Å². The molecule has 2 aliphatic rings. The predicted octanol–water partition coefficient (Wildman–Crippen LogP) is 8.71. The Morgan fingerprint density at radius 3 is 1.28 bits per heavy atom. The third kappa shape index (κ3) is 6.55. The van der Waals surface area contributed by atoms with Gasteiger partial charge in [-0.1, -0.05) is 60.7 Å². The lowest BCUT2D eigenvalue weighted by atomic mass is 10.0. The number of amidine groups is 2. The fraction of sp³-hybridized carbons (Fsp3) is 0.0500. The molecule has 47 heavy (non-hydrogen) atoms. The van der Waals surface area contributed by atoms with Crippen LogP contribution in [0, 0.1) is 0 Å². The van der Waals surface area contributed by atoms with E-state index >= 15 is 0 Å². The first-order chi connectivity index (χ1) is 23.2. The Morgan fingerprint density at radius 2 is 0.894 bits per heavy atom. The Morgan fingerprint density at radius 1 is 0.489 bits per heavy atom. The molecule has 230 valence electrons. The fourth-order valence-electron chi connectivity index (χ4n) is 5.57. The summed E-state index contributed by atoms with van der Waals surface area (Å²) in [4.78, 5) is 13.7. The number of allylic oxidation sites excluding steroid dienone is 2. The minimum absolute atomic E-state index is 0.764. The van der Waals surface area contributed by atoms with Crippen molar-refractivity contribution in [3.05, 3.63) is 180 Å². The van der Waals surface area contributed by atoms with Gasteiger partial charge < -0.3 is 25.1 Å². The molecule has 4 aromatic carbocycles. The number of nitrogens with zero attached hydrogens (tertiary/aromatic N) is 2. The van der Waals surface area contributed by atoms with E-state index in [4.69, 9.17) is 19.5 Å². The van der Waals surface area contributed by atoms with Crippen LogP contribution in [0.25, 0.3) is 11.1 Å². The normalized spacial score (nSPS) is 15.6. The quantitative estimate of drug-likeness (QED) is 0.163. The zero-order valence-electron chi connectivity index (χ0n) is 26.1. The maximum Gasteiger partial charge on any atom is 0.131 e. The van der Waals surface area contributed by atoms with E-state index in [0.717, 1.165) is 79.6 Å². The molecule has 0 radical (unpaired) electrons. The topological polar surface area (TPSA) is 83.0 Å². The summed E-state index contributed by atoms with van der Waals surface area (Å²) in [7, 11) is 3.33. The highest BCUT2D eigenvalue weighted by Gasteiger charge is 2.20. The van der Waals surface area contributed by atoms with E-state index in [0.29, 0.717) is 0 Å². The number of benzene rings is 4. The van der Waals surface area contributed by atoms with Gasteiger partial charge in [0.05, 0.1) is 25.6 Å². The SMILES string of the molecule is COc1ccc(NC2=N/C(=C(/c3ccccc3)c3ccc(/C(=C4/C=CC(Nc5ccc(OC)cc5)=N4)c4ccccc4)[nH]3)C=C2)cc1. The monoisotopic (exact) mass is 615 g/mol. The largest absolute Gasteiger partial charge is 0.497 e. The molecule has 7 rings (SSSR count). The lowest BCUT2D eigenvalue weighted by Gasteiger charge is -2.11. The third-order valence-electron chi connectivity index (χ3n) is 7.87. The summed E-state index contributed by atoms with van der Waals surface area (Å²) in [6.07, 6.45) is 8.09. The van der Waals surface area contributed by atoms with Gasteiger partial charge in [0, 0.05) is 33.9 Å². The number of aromatic nitrogens is 1. The fourth-order valence-corrected chi connectivity index (χ4v) is 5.57. The first-order valence-electron chi connectivity index (χ1n) is 15.3. The highest BCUT2D eigenvalue weighted by Crippen LogP contribution is 2.34. The highest BCUT2D eigenvalue weighted by atomic mass is 16.5. The number of aliphatic imine (C=N–C) groups is 2. The summed E-state index contributed by atoms with van der Waals surface area (Å²) >= 11 is 0. The van der Waals surface area contributed by atoms with Crippen LogP contribution in [0.1, 0.15) is 22.5 Å². The summed E-state index contributed by atoms with van der Waals surface area (Å²) in [6, 6.07) is 40.5. The molecular weight excluding hydrogens is 582 g/mol. The van der Waals surface area contributed by atoms with E-state index in [1.807, 2.05) is 109 Å². The Balaban J connectivity index is 1.25. The van der Waals surface area contributed by atoms with Crippen molar-refractivity contribution in [3.63, 3.8) is 0 Å². The van der Waals surface area contributed by atoms with Gasteiger partial charge in [-0.15, -0.1) is 0 Å². The molecule has 7 nitrogen and oxygen atoms in total. The lowest BCUT2D eigenvalue weighted by Crippen LogP contribution is -2.06. The van der Waals surface area contributed by atoms with E-state index in [1.54, 1.807) is 14.2 Å². The average Bonchev–Trinajstić information content (AvgIpc) is 3.90. The van der Waals surface area contributed by atoms with Crippen LogP contribution in [0.3, 0.4) is 0 Å². The summed E-state index contributed by atoms with van der Waals surface area (Å²) < 4.78 is 10.6. The van der Waals surface area contributed by atoms with Crippen molar-refractivity contribution < 1.29 is 9.47 Å². The van der Waals surface area contributed by atoms with E-state index in [-0.39, 0.29) is 0 Å². The number of H-pyrrole nitrogens is 1. The first kappa shape index (κ1) is 29.4. The van der Waals surface area contributed by atoms with Gasteiger partial charge in [-0.05, 0) is 96.1 Å². The molecule has 2 aliphatic heterocycles. The summed E-state index contributed by atoms with van der Waals surface area (Å²) in [5, 5.41) is 6.82. The summed E-state index contributed by atoms with van der Waals surface area (Å²) in [6.45, 7) is 0. The van der Waals surface area contributed by atoms with Crippen LogP contribution in [-0.2, 0) is 0 Å². The molecule has 0 unspecified atom stereocenters. The standard InChI is InChI=1S/C40H33N5O2/c1-46-31-17-13-29(14-18-31)41-37-25-23-35(44-37)39(27-9-5-3-6-10-27)33-21-22-34(43-33)40(28-11-7-4-8-12-28)36-24-26-38(45-36)42-30-15-19-32(47-2)20-16-30/h3-26,43H,1-2H3,(H,41,44)(H,42,45)/b39-35-,40-36-. The van der Waals surface area contributed by atoms with Crippen LogP contribution in [0.4, 0.5) is 11.4 Å². The summed E-state index contributed by atoms with van der Waals surface area (Å²) in [5.74, 6) is 3.14. The number of hydrogen-bond acceptors (Lipinski definition) is 6. The Kier molecular flexibility index (Phi) is 8.34. The second-order valence-corrected chi connectivity index (χ2v) is 10.9. The molecule has 3 N–H and O–H groups in total. The van der Waals surface area contributed by atoms with Crippen LogP contribution >= 0.6 is 0 Å². The van der Waals surface area contributed by atoms with Crippen molar-refractivity contribution >= 4 is 34.2 Å². The average molecular weight is 616 g/mol.